The molecule has 0 amide bonds. The summed E-state index contributed by atoms with van der Waals surface area (Å²) in [6, 6.07) is 36.4. The van der Waals surface area contributed by atoms with Gasteiger partial charge in [0.25, 0.3) is 0 Å². The minimum Gasteiger partial charge on any atom is -0.455 e. The molecule has 4 heterocycles. The first-order valence-electron chi connectivity index (χ1n) is 28.4. The van der Waals surface area contributed by atoms with Gasteiger partial charge in [-0.2, -0.15) is 5.26 Å². The molecule has 0 N–H and O–H groups in total. The van der Waals surface area contributed by atoms with Crippen molar-refractivity contribution >= 4 is 21.9 Å². The Morgan fingerprint density at radius 1 is 0.587 bits per heavy atom. The maximum Gasteiger partial charge on any atom is 0.144 e. The molecule has 5 aromatic carbocycles. The van der Waals surface area contributed by atoms with Crippen LogP contribution in [0.3, 0.4) is 0 Å². The second kappa shape index (κ2) is 18.4. The summed E-state index contributed by atoms with van der Waals surface area (Å²) in [6.45, 7) is 0. The van der Waals surface area contributed by atoms with Crippen molar-refractivity contribution in [3.63, 3.8) is 0 Å². The van der Waals surface area contributed by atoms with Crippen molar-refractivity contribution < 1.29 is 25.0 Å². The lowest BCUT2D eigenvalue weighted by atomic mass is 9.81. The topological polar surface area (TPSA) is 75.6 Å². The van der Waals surface area contributed by atoms with Gasteiger partial charge in [0.1, 0.15) is 11.2 Å². The Balaban J connectivity index is 1.13. The van der Waals surface area contributed by atoms with Crippen LogP contribution < -0.4 is 0 Å². The molecule has 308 valence electrons. The highest BCUT2D eigenvalue weighted by atomic mass is 16.3. The minimum atomic E-state index is -3.26. The van der Waals surface area contributed by atoms with Crippen molar-refractivity contribution in [2.24, 2.45) is 0 Å². The summed E-state index contributed by atoms with van der Waals surface area (Å²) < 4.78 is 148. The van der Waals surface area contributed by atoms with Gasteiger partial charge in [-0.1, -0.05) is 122 Å². The maximum absolute atomic E-state index is 9.95. The van der Waals surface area contributed by atoms with E-state index in [9.17, 15) is 23.1 Å². The Morgan fingerprint density at radius 3 is 1.76 bits per heavy atom. The van der Waals surface area contributed by atoms with E-state index in [0.717, 1.165) is 41.9 Å². The van der Waals surface area contributed by atoms with Crippen molar-refractivity contribution in [2.75, 3.05) is 0 Å². The Bertz CT molecular complexity index is 3660. The molecule has 5 nitrogen and oxygen atoms in total. The smallest absolute Gasteiger partial charge is 0.144 e. The summed E-state index contributed by atoms with van der Waals surface area (Å²) in [5, 5.41) is 10.6. The number of pyridine rings is 3. The first kappa shape index (κ1) is 26.3. The van der Waals surface area contributed by atoms with Crippen LogP contribution in [0.2, 0.25) is 0 Å². The van der Waals surface area contributed by atoms with Gasteiger partial charge >= 0.3 is 0 Å². The largest absolute Gasteiger partial charge is 0.455 e. The van der Waals surface area contributed by atoms with E-state index in [0.29, 0.717) is 40.6 Å². The second-order valence-corrected chi connectivity index (χ2v) is 15.4. The van der Waals surface area contributed by atoms with Gasteiger partial charge in [-0.25, -0.2) is 0 Å². The van der Waals surface area contributed by atoms with Gasteiger partial charge in [-0.05, 0) is 138 Å². The SMILES string of the molecule is [2H]c1cc2c(oc3c(-c4cc(C5([2H])CCCCC5)c(C([2H])([2H])C([2H])([2H])c5cc(C([2H])([2H])C([2H])([2H])c6ccc(-c7ccccc7)nc6)cc(C([2H])([2H])C([2H])([2H])c6ccc(-c7ccccc7)nc6)c5)cn4)cccc32)c([2H])c1C#N. The first-order valence-corrected chi connectivity index (χ1v) is 20.9. The van der Waals surface area contributed by atoms with Crippen molar-refractivity contribution in [1.82, 2.24) is 15.0 Å². The number of nitrogens with zero attached hydrogens (tertiary/aromatic N) is 4. The maximum atomic E-state index is 9.95. The number of aromatic nitrogens is 3. The molecule has 0 unspecified atom stereocenters. The van der Waals surface area contributed by atoms with Crippen LogP contribution in [0.15, 0.2) is 169 Å². The van der Waals surface area contributed by atoms with Crippen molar-refractivity contribution in [2.45, 2.75) is 76.2 Å². The molecule has 1 aliphatic carbocycles. The zero-order chi connectivity index (χ0) is 55.8. The highest BCUT2D eigenvalue weighted by Gasteiger charge is 2.22. The van der Waals surface area contributed by atoms with Gasteiger partial charge < -0.3 is 4.42 Å². The fraction of sp³-hybridized carbons (Fsp3) is 0.207. The van der Waals surface area contributed by atoms with Crippen molar-refractivity contribution in [1.29, 1.82) is 5.26 Å². The number of para-hydroxylation sites is 1. The molecule has 10 rings (SSSR count). The molecule has 63 heavy (non-hydrogen) atoms. The number of fused-ring (bicyclic) bond motifs is 3. The fourth-order valence-electron chi connectivity index (χ4n) is 7.94. The number of aryl methyl sites for hydroxylation is 6. The van der Waals surface area contributed by atoms with Crippen LogP contribution in [0.4, 0.5) is 0 Å². The van der Waals surface area contributed by atoms with E-state index >= 15 is 0 Å². The van der Waals surface area contributed by atoms with Crippen LogP contribution in [0, 0.1) is 11.3 Å². The molecule has 0 bridgehead atoms. The fourth-order valence-corrected chi connectivity index (χ4v) is 7.94. The second-order valence-electron chi connectivity index (χ2n) is 15.4. The summed E-state index contributed by atoms with van der Waals surface area (Å²) in [7, 11) is 0. The molecule has 1 saturated carbocycles. The van der Waals surface area contributed by atoms with Crippen LogP contribution >= 0.6 is 0 Å². The molecule has 0 aliphatic heterocycles. The third kappa shape index (κ3) is 9.08. The molecule has 1 fully saturated rings. The molecule has 0 radical (unpaired) electrons. The van der Waals surface area contributed by atoms with E-state index in [1.807, 2.05) is 66.7 Å². The molecular formula is C58H50N4O. The summed E-state index contributed by atoms with van der Waals surface area (Å²) in [5.74, 6) is -1.48. The number of rotatable bonds is 13. The summed E-state index contributed by atoms with van der Waals surface area (Å²) >= 11 is 0. The third-order valence-corrected chi connectivity index (χ3v) is 11.1. The van der Waals surface area contributed by atoms with E-state index in [1.165, 1.54) is 48.8 Å². The predicted molar refractivity (Wildman–Crippen MR) is 256 cm³/mol. The zero-order valence-electron chi connectivity index (χ0n) is 49.2. The monoisotopic (exact) mass is 833 g/mol. The van der Waals surface area contributed by atoms with E-state index in [1.54, 1.807) is 18.2 Å². The van der Waals surface area contributed by atoms with E-state index in [4.69, 9.17) is 7.16 Å². The minimum absolute atomic E-state index is 0.0717. The lowest BCUT2D eigenvalue weighted by Crippen LogP contribution is -2.09. The van der Waals surface area contributed by atoms with E-state index in [-0.39, 0.29) is 69.6 Å². The quantitative estimate of drug-likeness (QED) is 0.116. The first-order chi connectivity index (χ1) is 36.8. The van der Waals surface area contributed by atoms with Crippen LogP contribution in [0.1, 0.15) is 103 Å². The summed E-state index contributed by atoms with van der Waals surface area (Å²) in [5.41, 5.74) is 0.643. The Labute approximate surface area is 391 Å². The van der Waals surface area contributed by atoms with Crippen molar-refractivity contribution in [3.05, 3.63) is 209 Å². The van der Waals surface area contributed by atoms with Gasteiger partial charge in [0, 0.05) is 63.9 Å². The van der Waals surface area contributed by atoms with Gasteiger partial charge in [0.05, 0.1) is 31.5 Å². The molecule has 4 aromatic heterocycles. The predicted octanol–water partition coefficient (Wildman–Crippen LogP) is 14.0. The normalized spacial score (nSPS) is 18.4. The van der Waals surface area contributed by atoms with Crippen LogP contribution in [-0.4, -0.2) is 15.0 Å². The Kier molecular flexibility index (Phi) is 7.71. The average molecular weight is 834 g/mol. The highest BCUT2D eigenvalue weighted by molar-refractivity contribution is 6.09. The highest BCUT2D eigenvalue weighted by Crippen LogP contribution is 2.39. The standard InChI is InChI=1S/C58H50N4O/c59-36-45-24-28-50-51-17-10-18-52(58(51)63-57(50)34-45)56-35-53(46-11-4-1-5-12-46)49(39-62-56)27-23-44-32-42(21-19-40-25-29-54(60-37-40)47-13-6-2-7-14-47)31-43(33-44)22-20-41-26-30-55(61-38-41)48-15-8-3-9-16-48/h2-3,6-10,13-18,24-26,28-35,37-39,46H,1,4-5,11-12,19-23,27H2/i19D2,20D2,21D2,22D2,23D2,24D,27D2,34D,46D. The lowest BCUT2D eigenvalue weighted by Gasteiger charge is -2.25. The van der Waals surface area contributed by atoms with Gasteiger partial charge in [-0.15, -0.1) is 0 Å². The van der Waals surface area contributed by atoms with Crippen LogP contribution in [0.5, 0.6) is 0 Å². The van der Waals surface area contributed by atoms with Crippen LogP contribution in [-0.2, 0) is 38.2 Å². The van der Waals surface area contributed by atoms with E-state index < -0.39 is 60.8 Å². The third-order valence-electron chi connectivity index (χ3n) is 11.1. The zero-order valence-corrected chi connectivity index (χ0v) is 34.2. The molecule has 5 heteroatoms. The summed E-state index contributed by atoms with van der Waals surface area (Å²) in [4.78, 5) is 13.5. The Hall–Kier alpha value is -7.16. The molecular weight excluding hydrogens is 769 g/mol. The number of nitriles is 1. The van der Waals surface area contributed by atoms with Crippen molar-refractivity contribution in [3.8, 4) is 39.8 Å². The molecule has 1 aliphatic rings. The molecule has 0 saturated heterocycles. The van der Waals surface area contributed by atoms with E-state index in [2.05, 4.69) is 15.0 Å². The Morgan fingerprint density at radius 2 is 1.17 bits per heavy atom. The molecule has 0 spiro atoms. The van der Waals surface area contributed by atoms with Gasteiger partial charge in [-0.3, -0.25) is 15.0 Å². The van der Waals surface area contributed by atoms with Gasteiger partial charge in [0.15, 0.2) is 0 Å². The lowest BCUT2D eigenvalue weighted by molar-refractivity contribution is 0.441. The number of benzene rings is 5. The summed E-state index contributed by atoms with van der Waals surface area (Å²) in [6.07, 6.45) is -12.5. The molecule has 9 aromatic rings. The average Bonchev–Trinajstić information content (AvgIpc) is 3.91. The van der Waals surface area contributed by atoms with Crippen LogP contribution in [0.25, 0.3) is 55.7 Å². The number of furan rings is 1. The number of hydrogen-bond acceptors (Lipinski definition) is 5. The van der Waals surface area contributed by atoms with Gasteiger partial charge in [0.2, 0.25) is 0 Å². The number of hydrogen-bond donors (Lipinski definition) is 0. The molecule has 0 atom stereocenters.